The first kappa shape index (κ1) is 14.0. The molecule has 1 nitrogen and oxygen atoms in total. The first-order chi connectivity index (χ1) is 8.58. The van der Waals surface area contributed by atoms with Crippen molar-refractivity contribution in [3.05, 3.63) is 67.2 Å². The van der Waals surface area contributed by atoms with E-state index in [1.807, 2.05) is 25.1 Å². The minimum Gasteiger partial charge on any atom is -0.388 e. The van der Waals surface area contributed by atoms with Crippen molar-refractivity contribution in [2.24, 2.45) is 0 Å². The quantitative estimate of drug-likeness (QED) is 0.722. The van der Waals surface area contributed by atoms with E-state index in [1.54, 1.807) is 0 Å². The highest BCUT2D eigenvalue weighted by Crippen LogP contribution is 2.26. The average molecular weight is 417 g/mol. The van der Waals surface area contributed by atoms with E-state index in [1.165, 1.54) is 3.57 Å². The maximum absolute atomic E-state index is 10.3. The van der Waals surface area contributed by atoms with Gasteiger partial charge < -0.3 is 5.11 Å². The maximum atomic E-state index is 10.3. The molecule has 0 spiro atoms. The molecule has 0 amide bonds. The molecule has 0 saturated carbocycles. The first-order valence-corrected chi connectivity index (χ1v) is 7.62. The third-order valence-corrected chi connectivity index (χ3v) is 4.59. The van der Waals surface area contributed by atoms with E-state index in [0.717, 1.165) is 21.2 Å². The van der Waals surface area contributed by atoms with E-state index in [9.17, 15) is 5.11 Å². The van der Waals surface area contributed by atoms with Gasteiger partial charge in [0, 0.05) is 14.5 Å². The molecule has 0 radical (unpaired) electrons. The highest BCUT2D eigenvalue weighted by atomic mass is 127. The zero-order valence-electron chi connectivity index (χ0n) is 10.0. The van der Waals surface area contributed by atoms with Gasteiger partial charge in [-0.25, -0.2) is 0 Å². The maximum Gasteiger partial charge on any atom is 0.0833 e. The van der Waals surface area contributed by atoms with Crippen LogP contribution in [0.5, 0.6) is 0 Å². The van der Waals surface area contributed by atoms with Crippen molar-refractivity contribution in [3.8, 4) is 0 Å². The molecule has 1 unspecified atom stereocenters. The fourth-order valence-electron chi connectivity index (χ4n) is 1.94. The minimum absolute atomic E-state index is 0.456. The number of halogens is 2. The Morgan fingerprint density at radius 2 is 1.83 bits per heavy atom. The molecule has 94 valence electrons. The molecule has 3 heteroatoms. The number of aliphatic hydroxyl groups excluding tert-OH is 1. The molecule has 0 aliphatic carbocycles. The summed E-state index contributed by atoms with van der Waals surface area (Å²) < 4.78 is 2.26. The van der Waals surface area contributed by atoms with E-state index in [0.29, 0.717) is 6.42 Å². The van der Waals surface area contributed by atoms with E-state index in [-0.39, 0.29) is 0 Å². The van der Waals surface area contributed by atoms with Crippen LogP contribution < -0.4 is 0 Å². The zero-order valence-corrected chi connectivity index (χ0v) is 13.8. The van der Waals surface area contributed by atoms with Crippen molar-refractivity contribution in [2.75, 3.05) is 0 Å². The Hall–Kier alpha value is -0.390. The summed E-state index contributed by atoms with van der Waals surface area (Å²) >= 11 is 5.78. The topological polar surface area (TPSA) is 20.2 Å². The minimum atomic E-state index is -0.456. The lowest BCUT2D eigenvalue weighted by atomic mass is 9.98. The second-order valence-electron chi connectivity index (χ2n) is 4.30. The molecule has 0 heterocycles. The smallest absolute Gasteiger partial charge is 0.0833 e. The van der Waals surface area contributed by atoms with Crippen LogP contribution in [0.25, 0.3) is 0 Å². The Labute approximate surface area is 130 Å². The highest BCUT2D eigenvalue weighted by molar-refractivity contribution is 14.1. The van der Waals surface area contributed by atoms with Gasteiger partial charge in [0.1, 0.15) is 0 Å². The number of benzene rings is 2. The summed E-state index contributed by atoms with van der Waals surface area (Å²) in [5, 5.41) is 10.3. The highest BCUT2D eigenvalue weighted by Gasteiger charge is 2.12. The summed E-state index contributed by atoms with van der Waals surface area (Å²) in [5.74, 6) is 0. The molecular weight excluding hydrogens is 403 g/mol. The van der Waals surface area contributed by atoms with Crippen LogP contribution in [-0.2, 0) is 6.42 Å². The molecule has 2 aromatic carbocycles. The van der Waals surface area contributed by atoms with Crippen molar-refractivity contribution < 1.29 is 5.11 Å². The summed E-state index contributed by atoms with van der Waals surface area (Å²) in [6.07, 6.45) is 0.191. The molecule has 2 rings (SSSR count). The molecule has 1 atom stereocenters. The largest absolute Gasteiger partial charge is 0.388 e. The molecule has 0 aromatic heterocycles. The summed E-state index contributed by atoms with van der Waals surface area (Å²) in [6, 6.07) is 14.2. The molecule has 0 bridgehead atoms. The van der Waals surface area contributed by atoms with E-state index < -0.39 is 6.10 Å². The summed E-state index contributed by atoms with van der Waals surface area (Å²) in [7, 11) is 0. The number of aliphatic hydroxyl groups is 1. The SMILES string of the molecule is Cc1c(Br)cccc1C(O)Cc1ccc(I)cc1. The molecular formula is C15H14BrIO. The van der Waals surface area contributed by atoms with Crippen LogP contribution >= 0.6 is 38.5 Å². The second kappa shape index (κ2) is 6.17. The Balaban J connectivity index is 2.19. The van der Waals surface area contributed by atoms with E-state index >= 15 is 0 Å². The second-order valence-corrected chi connectivity index (χ2v) is 6.40. The fraction of sp³-hybridized carbons (Fsp3) is 0.200. The van der Waals surface area contributed by atoms with Crippen molar-refractivity contribution in [2.45, 2.75) is 19.4 Å². The van der Waals surface area contributed by atoms with Crippen LogP contribution in [0.1, 0.15) is 22.8 Å². The van der Waals surface area contributed by atoms with Crippen LogP contribution in [0.3, 0.4) is 0 Å². The molecule has 1 N–H and O–H groups in total. The lowest BCUT2D eigenvalue weighted by Gasteiger charge is -2.15. The van der Waals surface area contributed by atoms with Crippen molar-refractivity contribution in [1.82, 2.24) is 0 Å². The summed E-state index contributed by atoms with van der Waals surface area (Å²) in [4.78, 5) is 0. The summed E-state index contributed by atoms with van der Waals surface area (Å²) in [6.45, 7) is 2.02. The third kappa shape index (κ3) is 3.33. The van der Waals surface area contributed by atoms with Gasteiger partial charge in [-0.2, -0.15) is 0 Å². The number of hydrogen-bond donors (Lipinski definition) is 1. The van der Waals surface area contributed by atoms with Gasteiger partial charge in [0.2, 0.25) is 0 Å². The normalized spacial score (nSPS) is 12.4. The van der Waals surface area contributed by atoms with Crippen molar-refractivity contribution in [3.63, 3.8) is 0 Å². The van der Waals surface area contributed by atoms with Crippen LogP contribution in [0, 0.1) is 10.5 Å². The molecule has 0 aliphatic heterocycles. The van der Waals surface area contributed by atoms with E-state index in [4.69, 9.17) is 0 Å². The third-order valence-electron chi connectivity index (χ3n) is 3.01. The standard InChI is InChI=1S/C15H14BrIO/c1-10-13(3-2-4-14(10)16)15(18)9-11-5-7-12(17)8-6-11/h2-8,15,18H,9H2,1H3. The predicted octanol–water partition coefficient (Wildman–Crippen LogP) is 4.64. The van der Waals surface area contributed by atoms with Crippen LogP contribution in [0.15, 0.2) is 46.9 Å². The molecule has 0 fully saturated rings. The van der Waals surface area contributed by atoms with Crippen molar-refractivity contribution in [1.29, 1.82) is 0 Å². The van der Waals surface area contributed by atoms with Crippen LogP contribution in [0.2, 0.25) is 0 Å². The van der Waals surface area contributed by atoms with Gasteiger partial charge >= 0.3 is 0 Å². The molecule has 2 aromatic rings. The van der Waals surface area contributed by atoms with Crippen molar-refractivity contribution >= 4 is 38.5 Å². The van der Waals surface area contributed by atoms with Gasteiger partial charge in [-0.1, -0.05) is 40.2 Å². The van der Waals surface area contributed by atoms with Gasteiger partial charge in [-0.15, -0.1) is 0 Å². The molecule has 0 saturated heterocycles. The zero-order chi connectivity index (χ0) is 13.1. The van der Waals surface area contributed by atoms with Gasteiger partial charge in [0.25, 0.3) is 0 Å². The Bertz CT molecular complexity index is 537. The fourth-order valence-corrected chi connectivity index (χ4v) is 2.68. The monoisotopic (exact) mass is 416 g/mol. The van der Waals surface area contributed by atoms with Crippen LogP contribution in [-0.4, -0.2) is 5.11 Å². The molecule has 0 aliphatic rings. The predicted molar refractivity (Wildman–Crippen MR) is 86.7 cm³/mol. The van der Waals surface area contributed by atoms with E-state index in [2.05, 4.69) is 62.8 Å². The van der Waals surface area contributed by atoms with Gasteiger partial charge in [0.15, 0.2) is 0 Å². The molecule has 18 heavy (non-hydrogen) atoms. The Morgan fingerprint density at radius 3 is 2.50 bits per heavy atom. The lowest BCUT2D eigenvalue weighted by Crippen LogP contribution is -2.04. The average Bonchev–Trinajstić information content (AvgIpc) is 2.35. The van der Waals surface area contributed by atoms with Gasteiger partial charge in [0.05, 0.1) is 6.10 Å². The van der Waals surface area contributed by atoms with Gasteiger partial charge in [-0.3, -0.25) is 0 Å². The first-order valence-electron chi connectivity index (χ1n) is 5.75. The van der Waals surface area contributed by atoms with Crippen LogP contribution in [0.4, 0.5) is 0 Å². The summed E-state index contributed by atoms with van der Waals surface area (Å²) in [5.41, 5.74) is 3.25. The van der Waals surface area contributed by atoms with Gasteiger partial charge in [-0.05, 0) is 64.4 Å². The number of hydrogen-bond acceptors (Lipinski definition) is 1. The number of rotatable bonds is 3. The lowest BCUT2D eigenvalue weighted by molar-refractivity contribution is 0.177. The Kier molecular flexibility index (Phi) is 4.81. The Morgan fingerprint density at radius 1 is 1.17 bits per heavy atom.